The second kappa shape index (κ2) is 8.32. The van der Waals surface area contributed by atoms with Gasteiger partial charge in [-0.15, -0.1) is 15.3 Å². The molecule has 0 spiro atoms. The molecule has 174 valence electrons. The number of hydrogen-bond donors (Lipinski definition) is 1. The van der Waals surface area contributed by atoms with Gasteiger partial charge >= 0.3 is 0 Å². The maximum Gasteiger partial charge on any atom is 0.226 e. The first-order chi connectivity index (χ1) is 17.1. The van der Waals surface area contributed by atoms with Crippen LogP contribution in [0.15, 0.2) is 67.0 Å². The molecule has 1 N–H and O–H groups in total. The molecule has 5 aromatic rings. The van der Waals surface area contributed by atoms with E-state index in [0.29, 0.717) is 28.6 Å². The zero-order valence-electron chi connectivity index (χ0n) is 18.7. The van der Waals surface area contributed by atoms with E-state index >= 15 is 0 Å². The van der Waals surface area contributed by atoms with Gasteiger partial charge in [0.25, 0.3) is 0 Å². The fourth-order valence-electron chi connectivity index (χ4n) is 4.48. The molecule has 9 nitrogen and oxygen atoms in total. The number of amides is 1. The third kappa shape index (κ3) is 3.68. The van der Waals surface area contributed by atoms with Crippen LogP contribution < -0.4 is 10.1 Å². The summed E-state index contributed by atoms with van der Waals surface area (Å²) >= 11 is 0. The summed E-state index contributed by atoms with van der Waals surface area (Å²) in [5.41, 5.74) is 3.56. The molecule has 3 aromatic heterocycles. The van der Waals surface area contributed by atoms with Crippen LogP contribution in [-0.2, 0) is 11.4 Å². The minimum atomic E-state index is -0.320. The van der Waals surface area contributed by atoms with E-state index in [9.17, 15) is 9.18 Å². The molecule has 10 heteroatoms. The van der Waals surface area contributed by atoms with Crippen molar-refractivity contribution in [3.05, 3.63) is 95.2 Å². The van der Waals surface area contributed by atoms with Gasteiger partial charge in [-0.1, -0.05) is 36.4 Å². The molecule has 1 aliphatic rings. The maximum absolute atomic E-state index is 14.1. The van der Waals surface area contributed by atoms with Crippen LogP contribution in [0.25, 0.3) is 11.5 Å². The summed E-state index contributed by atoms with van der Waals surface area (Å²) < 4.78 is 23.4. The van der Waals surface area contributed by atoms with Gasteiger partial charge in [0, 0.05) is 29.0 Å². The molecule has 0 saturated carbocycles. The minimum absolute atomic E-state index is 0.0799. The number of anilines is 1. The van der Waals surface area contributed by atoms with Crippen molar-refractivity contribution in [2.75, 3.05) is 5.32 Å². The Morgan fingerprint density at radius 2 is 1.91 bits per heavy atom. The topological polar surface area (TPSA) is 99.2 Å². The van der Waals surface area contributed by atoms with E-state index in [2.05, 4.69) is 20.6 Å². The molecule has 6 rings (SSSR count). The molecule has 1 aliphatic heterocycles. The van der Waals surface area contributed by atoms with Crippen LogP contribution in [0.3, 0.4) is 0 Å². The third-order valence-electron chi connectivity index (χ3n) is 6.10. The lowest BCUT2D eigenvalue weighted by molar-refractivity contribution is -0.116. The molecule has 4 heterocycles. The smallest absolute Gasteiger partial charge is 0.226 e. The number of ether oxygens (including phenoxy) is 1. The zero-order valence-corrected chi connectivity index (χ0v) is 18.7. The molecular formula is C25H20FN7O2. The van der Waals surface area contributed by atoms with Crippen LogP contribution in [0.1, 0.15) is 34.7 Å². The van der Waals surface area contributed by atoms with E-state index in [1.807, 2.05) is 31.2 Å². The van der Waals surface area contributed by atoms with Gasteiger partial charge in [0.2, 0.25) is 5.91 Å². The predicted molar refractivity (Wildman–Crippen MR) is 125 cm³/mol. The molecule has 0 unspecified atom stereocenters. The van der Waals surface area contributed by atoms with Crippen LogP contribution in [0, 0.1) is 12.7 Å². The molecule has 0 bridgehead atoms. The van der Waals surface area contributed by atoms with Gasteiger partial charge in [-0.05, 0) is 31.2 Å². The Balaban J connectivity index is 1.40. The van der Waals surface area contributed by atoms with E-state index in [1.54, 1.807) is 39.5 Å². The van der Waals surface area contributed by atoms with E-state index < -0.39 is 0 Å². The van der Waals surface area contributed by atoms with Crippen LogP contribution >= 0.6 is 0 Å². The van der Waals surface area contributed by atoms with Gasteiger partial charge in [0.15, 0.2) is 11.5 Å². The third-order valence-corrected chi connectivity index (χ3v) is 6.10. The highest BCUT2D eigenvalue weighted by atomic mass is 19.1. The summed E-state index contributed by atoms with van der Waals surface area (Å²) in [7, 11) is 0. The average Bonchev–Trinajstić information content (AvgIpc) is 3.47. The van der Waals surface area contributed by atoms with Gasteiger partial charge in [0.05, 0.1) is 5.69 Å². The lowest BCUT2D eigenvalue weighted by atomic mass is 9.85. The number of hydrogen-bond acceptors (Lipinski definition) is 6. The molecule has 0 fully saturated rings. The normalized spacial score (nSPS) is 15.1. The first-order valence-corrected chi connectivity index (χ1v) is 11.1. The maximum atomic E-state index is 14.1. The van der Waals surface area contributed by atoms with Crippen molar-refractivity contribution < 1.29 is 13.9 Å². The second-order valence-electron chi connectivity index (χ2n) is 8.31. The van der Waals surface area contributed by atoms with Crippen molar-refractivity contribution in [1.82, 2.24) is 29.6 Å². The van der Waals surface area contributed by atoms with Gasteiger partial charge in [-0.25, -0.2) is 4.39 Å². The molecule has 0 aliphatic carbocycles. The fraction of sp³-hybridized carbons (Fsp3) is 0.160. The summed E-state index contributed by atoms with van der Waals surface area (Å²) in [5.74, 6) is 0.928. The number of para-hydroxylation sites is 1. The van der Waals surface area contributed by atoms with Crippen molar-refractivity contribution in [3.63, 3.8) is 0 Å². The zero-order chi connectivity index (χ0) is 23.9. The number of nitrogens with one attached hydrogen (secondary N) is 1. The van der Waals surface area contributed by atoms with Crippen LogP contribution in [0.5, 0.6) is 5.75 Å². The summed E-state index contributed by atoms with van der Waals surface area (Å²) in [6, 6.07) is 17.6. The van der Waals surface area contributed by atoms with Crippen molar-refractivity contribution >= 4 is 17.4 Å². The van der Waals surface area contributed by atoms with Crippen molar-refractivity contribution in [2.45, 2.75) is 25.9 Å². The van der Waals surface area contributed by atoms with Crippen molar-refractivity contribution in [2.24, 2.45) is 0 Å². The number of halogens is 1. The standard InChI is InChI=1S/C25H20FN7O2/c1-15-24-18(17-7-3-5-9-20(17)35-13-16-6-2-4-8-19(16)26)12-23(34)28-25(24)33(30-15)22-11-10-21-29-27-14-32(21)31-22/h2-11,14,18H,12-13H2,1H3,(H,28,34)/t18-/m1/s1. The molecular weight excluding hydrogens is 449 g/mol. The number of aromatic nitrogens is 6. The Bertz CT molecular complexity index is 1580. The van der Waals surface area contributed by atoms with Gasteiger partial charge in [0.1, 0.15) is 30.3 Å². The van der Waals surface area contributed by atoms with Crippen molar-refractivity contribution in [3.8, 4) is 11.6 Å². The number of nitrogens with zero attached hydrogens (tertiary/aromatic N) is 6. The predicted octanol–water partition coefficient (Wildman–Crippen LogP) is 3.81. The molecule has 0 radical (unpaired) electrons. The Hall–Kier alpha value is -4.60. The second-order valence-corrected chi connectivity index (χ2v) is 8.31. The Morgan fingerprint density at radius 1 is 1.09 bits per heavy atom. The van der Waals surface area contributed by atoms with E-state index in [4.69, 9.17) is 9.84 Å². The average molecular weight is 469 g/mol. The fourth-order valence-corrected chi connectivity index (χ4v) is 4.48. The molecule has 1 amide bonds. The van der Waals surface area contributed by atoms with Gasteiger partial charge < -0.3 is 10.1 Å². The van der Waals surface area contributed by atoms with E-state index in [0.717, 1.165) is 16.8 Å². The number of rotatable bonds is 5. The Morgan fingerprint density at radius 3 is 2.80 bits per heavy atom. The lowest BCUT2D eigenvalue weighted by Crippen LogP contribution is -2.25. The first-order valence-electron chi connectivity index (χ1n) is 11.1. The molecule has 35 heavy (non-hydrogen) atoms. The van der Waals surface area contributed by atoms with E-state index in [-0.39, 0.29) is 30.7 Å². The summed E-state index contributed by atoms with van der Waals surface area (Å²) in [5, 5.41) is 20.0. The molecule has 2 aromatic carbocycles. The number of carbonyl (C=O) groups excluding carboxylic acids is 1. The highest BCUT2D eigenvalue weighted by Crippen LogP contribution is 2.43. The summed E-state index contributed by atoms with van der Waals surface area (Å²) in [4.78, 5) is 12.8. The van der Waals surface area contributed by atoms with E-state index in [1.165, 1.54) is 12.4 Å². The van der Waals surface area contributed by atoms with Crippen LogP contribution in [0.4, 0.5) is 10.2 Å². The van der Waals surface area contributed by atoms with Crippen LogP contribution in [0.2, 0.25) is 0 Å². The largest absolute Gasteiger partial charge is 0.488 e. The summed E-state index contributed by atoms with van der Waals surface area (Å²) in [6.45, 7) is 1.98. The highest BCUT2D eigenvalue weighted by Gasteiger charge is 2.34. The SMILES string of the molecule is Cc1nn(-c2ccc3nncn3n2)c2c1[C@@H](c1ccccc1OCc1ccccc1F)CC(=O)N2. The number of aryl methyl sites for hydroxylation is 1. The quantitative estimate of drug-likeness (QED) is 0.420. The lowest BCUT2D eigenvalue weighted by Gasteiger charge is -2.26. The van der Waals surface area contributed by atoms with Gasteiger partial charge in [-0.2, -0.15) is 14.3 Å². The molecule has 1 atom stereocenters. The van der Waals surface area contributed by atoms with Crippen molar-refractivity contribution in [1.29, 1.82) is 0 Å². The number of benzene rings is 2. The Kier molecular flexibility index (Phi) is 4.98. The van der Waals surface area contributed by atoms with Gasteiger partial charge in [-0.3, -0.25) is 4.79 Å². The monoisotopic (exact) mass is 469 g/mol. The minimum Gasteiger partial charge on any atom is -0.488 e. The molecule has 0 saturated heterocycles. The Labute approximate surface area is 199 Å². The number of carbonyl (C=O) groups is 1. The first kappa shape index (κ1) is 21.0. The highest BCUT2D eigenvalue weighted by molar-refractivity contribution is 5.95. The van der Waals surface area contributed by atoms with Crippen LogP contribution in [-0.4, -0.2) is 35.5 Å². The summed E-state index contributed by atoms with van der Waals surface area (Å²) in [6.07, 6.45) is 1.74. The number of fused-ring (bicyclic) bond motifs is 2.